The summed E-state index contributed by atoms with van der Waals surface area (Å²) in [5, 5.41) is 0. The first kappa shape index (κ1) is 22.0. The Kier molecular flexibility index (Phi) is 7.32. The molecule has 4 rings (SSSR count). The van der Waals surface area contributed by atoms with Crippen LogP contribution in [-0.2, 0) is 12.8 Å². The number of hydrogen-bond acceptors (Lipinski definition) is 0. The quantitative estimate of drug-likeness (QED) is 0.323. The van der Waals surface area contributed by atoms with Gasteiger partial charge in [0.1, 0.15) is 0 Å². The van der Waals surface area contributed by atoms with Crippen molar-refractivity contribution in [1.29, 1.82) is 0 Å². The maximum Gasteiger partial charge on any atom is 0.162 e. The van der Waals surface area contributed by atoms with Crippen LogP contribution in [0.25, 0.3) is 0 Å². The van der Waals surface area contributed by atoms with Crippen LogP contribution in [0.3, 0.4) is 0 Å². The molecule has 2 heteroatoms. The fourth-order valence-electron chi connectivity index (χ4n) is 6.81. The molecule has 2 saturated carbocycles. The predicted molar refractivity (Wildman–Crippen MR) is 122 cm³/mol. The Morgan fingerprint density at radius 1 is 0.967 bits per heavy atom. The molecule has 30 heavy (non-hydrogen) atoms. The van der Waals surface area contributed by atoms with Crippen LogP contribution in [0.5, 0.6) is 0 Å². The second kappa shape index (κ2) is 9.96. The van der Waals surface area contributed by atoms with Crippen LogP contribution in [0.15, 0.2) is 18.2 Å². The van der Waals surface area contributed by atoms with E-state index < -0.39 is 11.6 Å². The number of aryl methyl sites for hydroxylation is 1. The van der Waals surface area contributed by atoms with Gasteiger partial charge in [-0.1, -0.05) is 50.8 Å². The molecule has 1 aromatic rings. The lowest BCUT2D eigenvalue weighted by molar-refractivity contribution is 0.132. The molecule has 0 N–H and O–H groups in total. The normalized spacial score (nSPS) is 31.5. The van der Waals surface area contributed by atoms with Crippen molar-refractivity contribution in [2.75, 3.05) is 0 Å². The summed E-state index contributed by atoms with van der Waals surface area (Å²) in [5.41, 5.74) is 2.50. The first-order valence-electron chi connectivity index (χ1n) is 12.7. The van der Waals surface area contributed by atoms with Crippen LogP contribution in [0.2, 0.25) is 0 Å². The molecule has 0 nitrogen and oxygen atoms in total. The van der Waals surface area contributed by atoms with Gasteiger partial charge in [-0.2, -0.15) is 0 Å². The van der Waals surface area contributed by atoms with Crippen LogP contribution in [0.4, 0.5) is 8.78 Å². The number of hydrogen-bond donors (Lipinski definition) is 0. The molecule has 1 aromatic carbocycles. The molecular formula is C28H40F2. The van der Waals surface area contributed by atoms with E-state index >= 15 is 8.78 Å². The molecule has 0 aromatic heterocycles. The fraction of sp³-hybridized carbons (Fsp3) is 0.714. The first-order chi connectivity index (χ1) is 14.6. The minimum Gasteiger partial charge on any atom is -0.203 e. The Morgan fingerprint density at radius 2 is 1.77 bits per heavy atom. The van der Waals surface area contributed by atoms with Crippen LogP contribution in [0.1, 0.15) is 107 Å². The van der Waals surface area contributed by atoms with Gasteiger partial charge in [-0.05, 0) is 111 Å². The second-order valence-electron chi connectivity index (χ2n) is 10.5. The summed E-state index contributed by atoms with van der Waals surface area (Å²) in [5.74, 6) is 1.93. The summed E-state index contributed by atoms with van der Waals surface area (Å²) in [6, 6.07) is 2.08. The van der Waals surface area contributed by atoms with Crippen LogP contribution in [0, 0.1) is 35.3 Å². The molecule has 0 aliphatic heterocycles. The SMILES string of the molecule is C/C=C/C1CCC2CC(c3cc4c(c(F)c3F)CC(CCCCC)CC4)CCC2C1. The predicted octanol–water partition coefficient (Wildman–Crippen LogP) is 8.53. The molecule has 0 heterocycles. The van der Waals surface area contributed by atoms with E-state index in [4.69, 9.17) is 0 Å². The largest absolute Gasteiger partial charge is 0.203 e. The fourth-order valence-corrected chi connectivity index (χ4v) is 6.81. The molecule has 3 aliphatic carbocycles. The van der Waals surface area contributed by atoms with Crippen LogP contribution in [-0.4, -0.2) is 0 Å². The zero-order chi connectivity index (χ0) is 21.1. The summed E-state index contributed by atoms with van der Waals surface area (Å²) in [6.45, 7) is 4.33. The van der Waals surface area contributed by atoms with E-state index in [0.29, 0.717) is 23.0 Å². The van der Waals surface area contributed by atoms with Gasteiger partial charge >= 0.3 is 0 Å². The lowest BCUT2D eigenvalue weighted by Gasteiger charge is -2.42. The van der Waals surface area contributed by atoms with E-state index in [1.807, 2.05) is 0 Å². The van der Waals surface area contributed by atoms with Gasteiger partial charge in [0, 0.05) is 0 Å². The van der Waals surface area contributed by atoms with Crippen molar-refractivity contribution in [2.24, 2.45) is 23.7 Å². The maximum absolute atomic E-state index is 15.2. The van der Waals surface area contributed by atoms with Gasteiger partial charge in [-0.15, -0.1) is 0 Å². The molecule has 2 fully saturated rings. The molecule has 0 bridgehead atoms. The zero-order valence-electron chi connectivity index (χ0n) is 19.1. The third-order valence-electron chi connectivity index (χ3n) is 8.52. The zero-order valence-corrected chi connectivity index (χ0v) is 19.1. The monoisotopic (exact) mass is 414 g/mol. The minimum absolute atomic E-state index is 0.214. The maximum atomic E-state index is 15.2. The molecule has 3 aliphatic rings. The number of fused-ring (bicyclic) bond motifs is 2. The van der Waals surface area contributed by atoms with Gasteiger partial charge in [0.2, 0.25) is 0 Å². The summed E-state index contributed by atoms with van der Waals surface area (Å²) in [7, 11) is 0. The molecule has 0 amide bonds. The minimum atomic E-state index is -0.519. The summed E-state index contributed by atoms with van der Waals surface area (Å²) in [6.07, 6.45) is 19.3. The number of halogens is 2. The van der Waals surface area contributed by atoms with Gasteiger partial charge < -0.3 is 0 Å². The van der Waals surface area contributed by atoms with Crippen molar-refractivity contribution in [3.05, 3.63) is 46.5 Å². The molecule has 0 spiro atoms. The van der Waals surface area contributed by atoms with Gasteiger partial charge in [0.25, 0.3) is 0 Å². The van der Waals surface area contributed by atoms with Crippen molar-refractivity contribution >= 4 is 0 Å². The Bertz CT molecular complexity index is 749. The molecule has 0 radical (unpaired) electrons. The molecule has 166 valence electrons. The standard InChI is InChI=1S/C28H40F2/c1-3-5-6-8-20-10-12-24-18-26(28(30)27(29)25(24)16-20)23-14-13-21-15-19(7-4-2)9-11-22(21)17-23/h4,7,18-23H,3,5-6,8-17H2,1-2H3/b7-4+. The highest BCUT2D eigenvalue weighted by Gasteiger charge is 2.37. The summed E-state index contributed by atoms with van der Waals surface area (Å²) >= 11 is 0. The Balaban J connectivity index is 1.46. The Labute approximate surface area is 182 Å². The average Bonchev–Trinajstić information content (AvgIpc) is 2.76. The third-order valence-corrected chi connectivity index (χ3v) is 8.52. The van der Waals surface area contributed by atoms with E-state index in [9.17, 15) is 0 Å². The lowest BCUT2D eigenvalue weighted by atomic mass is 9.63. The van der Waals surface area contributed by atoms with Gasteiger partial charge in [0.15, 0.2) is 11.6 Å². The molecular weight excluding hydrogens is 374 g/mol. The third kappa shape index (κ3) is 4.68. The van der Waals surface area contributed by atoms with E-state index in [-0.39, 0.29) is 5.92 Å². The van der Waals surface area contributed by atoms with Gasteiger partial charge in [-0.3, -0.25) is 0 Å². The summed E-state index contributed by atoms with van der Waals surface area (Å²) in [4.78, 5) is 0. The van der Waals surface area contributed by atoms with E-state index in [0.717, 1.165) is 55.9 Å². The summed E-state index contributed by atoms with van der Waals surface area (Å²) < 4.78 is 30.4. The van der Waals surface area contributed by atoms with Gasteiger partial charge in [0.05, 0.1) is 0 Å². The molecule has 0 saturated heterocycles. The van der Waals surface area contributed by atoms with E-state index in [1.54, 1.807) is 0 Å². The van der Waals surface area contributed by atoms with Crippen molar-refractivity contribution < 1.29 is 8.78 Å². The van der Waals surface area contributed by atoms with Crippen molar-refractivity contribution in [1.82, 2.24) is 0 Å². The Hall–Kier alpha value is -1.18. The topological polar surface area (TPSA) is 0 Å². The van der Waals surface area contributed by atoms with Crippen LogP contribution < -0.4 is 0 Å². The highest BCUT2D eigenvalue weighted by atomic mass is 19.2. The second-order valence-corrected chi connectivity index (χ2v) is 10.5. The highest BCUT2D eigenvalue weighted by Crippen LogP contribution is 2.49. The number of rotatable bonds is 6. The van der Waals surface area contributed by atoms with Crippen molar-refractivity contribution in [2.45, 2.75) is 103 Å². The van der Waals surface area contributed by atoms with Gasteiger partial charge in [-0.25, -0.2) is 8.78 Å². The molecule has 5 unspecified atom stereocenters. The average molecular weight is 415 g/mol. The van der Waals surface area contributed by atoms with Crippen molar-refractivity contribution in [3.63, 3.8) is 0 Å². The number of benzene rings is 1. The van der Waals surface area contributed by atoms with E-state index in [1.165, 1.54) is 44.9 Å². The highest BCUT2D eigenvalue weighted by molar-refractivity contribution is 5.38. The number of unbranched alkanes of at least 4 members (excludes halogenated alkanes) is 2. The van der Waals surface area contributed by atoms with Crippen molar-refractivity contribution in [3.8, 4) is 0 Å². The molecule has 5 atom stereocenters. The lowest BCUT2D eigenvalue weighted by Crippen LogP contribution is -2.30. The number of allylic oxidation sites excluding steroid dienone is 2. The first-order valence-corrected chi connectivity index (χ1v) is 12.7. The Morgan fingerprint density at radius 3 is 2.57 bits per heavy atom. The van der Waals surface area contributed by atoms with Crippen LogP contribution >= 0.6 is 0 Å². The van der Waals surface area contributed by atoms with E-state index in [2.05, 4.69) is 32.1 Å². The smallest absolute Gasteiger partial charge is 0.162 e.